The molecule has 0 spiro atoms. The summed E-state index contributed by atoms with van der Waals surface area (Å²) in [5.41, 5.74) is 3.99. The Morgan fingerprint density at radius 1 is 1.00 bits per heavy atom. The summed E-state index contributed by atoms with van der Waals surface area (Å²) >= 11 is 6.28. The van der Waals surface area contributed by atoms with Crippen LogP contribution in [0.2, 0.25) is 5.02 Å². The number of hydrogen-bond donors (Lipinski definition) is 2. The van der Waals surface area contributed by atoms with Crippen LogP contribution in [0, 0.1) is 0 Å². The number of aromatic nitrogens is 1. The van der Waals surface area contributed by atoms with Gasteiger partial charge < -0.3 is 19.8 Å². The number of carbonyl (C=O) groups excluding carboxylic acids is 1. The van der Waals surface area contributed by atoms with Gasteiger partial charge in [0, 0.05) is 41.0 Å². The summed E-state index contributed by atoms with van der Waals surface area (Å²) in [6.07, 6.45) is 2.23. The van der Waals surface area contributed by atoms with Crippen molar-refractivity contribution in [1.82, 2.24) is 10.3 Å². The highest BCUT2D eigenvalue weighted by Crippen LogP contribution is 2.38. The average Bonchev–Trinajstić information content (AvgIpc) is 3.24. The third kappa shape index (κ3) is 4.73. The van der Waals surface area contributed by atoms with E-state index in [9.17, 15) is 4.79 Å². The number of aromatic amines is 1. The molecule has 1 heterocycles. The predicted octanol–water partition coefficient (Wildman–Crippen LogP) is 5.68. The van der Waals surface area contributed by atoms with Crippen LogP contribution in [0.5, 0.6) is 11.5 Å². The van der Waals surface area contributed by atoms with Crippen LogP contribution in [0.1, 0.15) is 29.0 Å². The van der Waals surface area contributed by atoms with E-state index in [4.69, 9.17) is 21.1 Å². The molecule has 4 rings (SSSR count). The number of rotatable bonds is 8. The molecule has 164 valence electrons. The van der Waals surface area contributed by atoms with Crippen molar-refractivity contribution in [2.75, 3.05) is 14.2 Å². The molecule has 1 unspecified atom stereocenters. The molecule has 0 radical (unpaired) electrons. The van der Waals surface area contributed by atoms with E-state index in [0.717, 1.165) is 27.6 Å². The van der Waals surface area contributed by atoms with Crippen LogP contribution in [0.15, 0.2) is 72.9 Å². The van der Waals surface area contributed by atoms with Crippen molar-refractivity contribution in [1.29, 1.82) is 0 Å². The average molecular weight is 449 g/mol. The van der Waals surface area contributed by atoms with Gasteiger partial charge in [-0.3, -0.25) is 4.79 Å². The molecule has 0 saturated carbocycles. The van der Waals surface area contributed by atoms with E-state index < -0.39 is 0 Å². The van der Waals surface area contributed by atoms with E-state index in [1.165, 1.54) is 0 Å². The number of amides is 1. The second kappa shape index (κ2) is 9.79. The summed E-state index contributed by atoms with van der Waals surface area (Å²) in [7, 11) is 3.21. The van der Waals surface area contributed by atoms with Gasteiger partial charge in [-0.1, -0.05) is 48.0 Å². The Labute approximate surface area is 192 Å². The number of benzene rings is 3. The van der Waals surface area contributed by atoms with Gasteiger partial charge in [-0.25, -0.2) is 0 Å². The van der Waals surface area contributed by atoms with Crippen molar-refractivity contribution in [3.05, 3.63) is 94.6 Å². The van der Waals surface area contributed by atoms with Gasteiger partial charge in [0.15, 0.2) is 11.5 Å². The summed E-state index contributed by atoms with van der Waals surface area (Å²) in [5, 5.41) is 4.69. The SMILES string of the molecule is COc1ccc(C(CC(=O)NCc2ccccc2)c2c[nH]c3ccc(Cl)cc23)cc1OC. The van der Waals surface area contributed by atoms with Crippen LogP contribution >= 0.6 is 11.6 Å². The highest BCUT2D eigenvalue weighted by Gasteiger charge is 2.23. The number of halogens is 1. The number of ether oxygens (including phenoxy) is 2. The Hall–Kier alpha value is -3.44. The normalized spacial score (nSPS) is 11.8. The first-order valence-corrected chi connectivity index (χ1v) is 10.8. The lowest BCUT2D eigenvalue weighted by molar-refractivity contribution is -0.121. The molecule has 2 N–H and O–H groups in total. The molecule has 0 aliphatic carbocycles. The van der Waals surface area contributed by atoms with E-state index >= 15 is 0 Å². The second-order valence-electron chi connectivity index (χ2n) is 7.57. The van der Waals surface area contributed by atoms with E-state index in [2.05, 4.69) is 10.3 Å². The van der Waals surface area contributed by atoms with Gasteiger partial charge in [-0.05, 0) is 47.0 Å². The number of methoxy groups -OCH3 is 2. The zero-order valence-electron chi connectivity index (χ0n) is 18.0. The fourth-order valence-corrected chi connectivity index (χ4v) is 4.11. The van der Waals surface area contributed by atoms with Crippen molar-refractivity contribution in [2.45, 2.75) is 18.9 Å². The lowest BCUT2D eigenvalue weighted by Gasteiger charge is -2.19. The van der Waals surface area contributed by atoms with Crippen LogP contribution in [0.25, 0.3) is 10.9 Å². The first-order chi connectivity index (χ1) is 15.6. The summed E-state index contributed by atoms with van der Waals surface area (Å²) in [5.74, 6) is 1.03. The number of hydrogen-bond acceptors (Lipinski definition) is 3. The largest absolute Gasteiger partial charge is 0.493 e. The maximum atomic E-state index is 13.0. The Morgan fingerprint density at radius 2 is 1.78 bits per heavy atom. The Kier molecular flexibility index (Phi) is 6.66. The molecule has 0 fully saturated rings. The van der Waals surface area contributed by atoms with E-state index in [1.54, 1.807) is 14.2 Å². The van der Waals surface area contributed by atoms with E-state index in [-0.39, 0.29) is 18.2 Å². The molecule has 1 amide bonds. The molecule has 1 atom stereocenters. The second-order valence-corrected chi connectivity index (χ2v) is 8.00. The molecule has 5 nitrogen and oxygen atoms in total. The molecule has 0 aliphatic rings. The van der Waals surface area contributed by atoms with Crippen molar-refractivity contribution in [3.63, 3.8) is 0 Å². The zero-order chi connectivity index (χ0) is 22.5. The van der Waals surface area contributed by atoms with Gasteiger partial charge in [0.05, 0.1) is 14.2 Å². The third-order valence-electron chi connectivity index (χ3n) is 5.58. The monoisotopic (exact) mass is 448 g/mol. The standard InChI is InChI=1S/C26H25ClN2O3/c1-31-24-11-8-18(12-25(24)32-2)20(14-26(30)29-15-17-6-4-3-5-7-17)22-16-28-23-10-9-19(27)13-21(22)23/h3-13,16,20,28H,14-15H2,1-2H3,(H,29,30). The number of fused-ring (bicyclic) bond motifs is 1. The molecule has 3 aromatic carbocycles. The molecule has 1 aromatic heterocycles. The van der Waals surface area contributed by atoms with Crippen molar-refractivity contribution in [2.24, 2.45) is 0 Å². The summed E-state index contributed by atoms with van der Waals surface area (Å²) in [4.78, 5) is 16.3. The smallest absolute Gasteiger partial charge is 0.221 e. The lowest BCUT2D eigenvalue weighted by atomic mass is 9.87. The first-order valence-electron chi connectivity index (χ1n) is 10.4. The summed E-state index contributed by atoms with van der Waals surface area (Å²) in [6.45, 7) is 0.484. The molecular weight excluding hydrogens is 424 g/mol. The van der Waals surface area contributed by atoms with E-state index in [0.29, 0.717) is 23.1 Å². The third-order valence-corrected chi connectivity index (χ3v) is 5.82. The quantitative estimate of drug-likeness (QED) is 0.364. The Bertz CT molecular complexity index is 1220. The van der Waals surface area contributed by atoms with Crippen LogP contribution < -0.4 is 14.8 Å². The Morgan fingerprint density at radius 3 is 2.53 bits per heavy atom. The summed E-state index contributed by atoms with van der Waals surface area (Å²) in [6, 6.07) is 21.4. The van der Waals surface area contributed by atoms with Crippen LogP contribution in [0.4, 0.5) is 0 Å². The molecule has 0 saturated heterocycles. The predicted molar refractivity (Wildman–Crippen MR) is 128 cm³/mol. The first kappa shape index (κ1) is 21.8. The summed E-state index contributed by atoms with van der Waals surface area (Å²) < 4.78 is 10.9. The van der Waals surface area contributed by atoms with Gasteiger partial charge in [0.1, 0.15) is 0 Å². The van der Waals surface area contributed by atoms with Gasteiger partial charge >= 0.3 is 0 Å². The zero-order valence-corrected chi connectivity index (χ0v) is 18.8. The Balaban J connectivity index is 1.68. The number of carbonyl (C=O) groups is 1. The van der Waals surface area contributed by atoms with Gasteiger partial charge in [-0.15, -0.1) is 0 Å². The molecular formula is C26H25ClN2O3. The highest BCUT2D eigenvalue weighted by atomic mass is 35.5. The van der Waals surface area contributed by atoms with Crippen molar-refractivity contribution >= 4 is 28.4 Å². The maximum absolute atomic E-state index is 13.0. The van der Waals surface area contributed by atoms with Crippen LogP contribution in [-0.4, -0.2) is 25.1 Å². The minimum Gasteiger partial charge on any atom is -0.493 e. The van der Waals surface area contributed by atoms with Crippen molar-refractivity contribution in [3.8, 4) is 11.5 Å². The van der Waals surface area contributed by atoms with Gasteiger partial charge in [-0.2, -0.15) is 0 Å². The van der Waals surface area contributed by atoms with Gasteiger partial charge in [0.25, 0.3) is 0 Å². The molecule has 0 bridgehead atoms. The minimum absolute atomic E-state index is 0.0370. The minimum atomic E-state index is -0.196. The topological polar surface area (TPSA) is 63.3 Å². The fourth-order valence-electron chi connectivity index (χ4n) is 3.93. The highest BCUT2D eigenvalue weighted by molar-refractivity contribution is 6.31. The molecule has 0 aliphatic heterocycles. The maximum Gasteiger partial charge on any atom is 0.221 e. The lowest BCUT2D eigenvalue weighted by Crippen LogP contribution is -2.25. The molecule has 4 aromatic rings. The van der Waals surface area contributed by atoms with E-state index in [1.807, 2.05) is 72.9 Å². The number of H-pyrrole nitrogens is 1. The van der Waals surface area contributed by atoms with Crippen LogP contribution in [0.3, 0.4) is 0 Å². The molecule has 6 heteroatoms. The van der Waals surface area contributed by atoms with Gasteiger partial charge in [0.2, 0.25) is 5.91 Å². The van der Waals surface area contributed by atoms with Crippen LogP contribution in [-0.2, 0) is 11.3 Å². The molecule has 32 heavy (non-hydrogen) atoms. The number of nitrogens with one attached hydrogen (secondary N) is 2. The fraction of sp³-hybridized carbons (Fsp3) is 0.192. The van der Waals surface area contributed by atoms with Crippen molar-refractivity contribution < 1.29 is 14.3 Å².